The minimum atomic E-state index is 0.336. The Hall–Kier alpha value is -2.52. The fourth-order valence-corrected chi connectivity index (χ4v) is 5.04. The molecule has 2 aliphatic rings. The Balaban J connectivity index is 1.29. The van der Waals surface area contributed by atoms with Gasteiger partial charge in [-0.2, -0.15) is 0 Å². The predicted octanol–water partition coefficient (Wildman–Crippen LogP) is 7.29. The van der Waals surface area contributed by atoms with E-state index in [0.29, 0.717) is 17.9 Å². The summed E-state index contributed by atoms with van der Waals surface area (Å²) in [6.07, 6.45) is 7.91. The topological polar surface area (TPSA) is 21.3 Å². The fraction of sp³-hybridized carbons (Fsp3) is 0.259. The van der Waals surface area contributed by atoms with Crippen LogP contribution in [0.4, 0.5) is 5.69 Å². The first-order valence-electron chi connectivity index (χ1n) is 10.8. The Morgan fingerprint density at radius 1 is 0.967 bits per heavy atom. The number of hydrogen-bond donors (Lipinski definition) is 1. The zero-order valence-corrected chi connectivity index (χ0v) is 18.5. The molecule has 0 amide bonds. The van der Waals surface area contributed by atoms with Crippen LogP contribution in [0.5, 0.6) is 5.75 Å². The Bertz CT molecular complexity index is 1030. The second-order valence-electron chi connectivity index (χ2n) is 8.21. The third-order valence-electron chi connectivity index (χ3n) is 6.28. The van der Waals surface area contributed by atoms with Crippen LogP contribution in [0.3, 0.4) is 0 Å². The van der Waals surface area contributed by atoms with E-state index in [9.17, 15) is 0 Å². The second-order valence-corrected chi connectivity index (χ2v) is 9.13. The Labute approximate surface area is 187 Å². The summed E-state index contributed by atoms with van der Waals surface area (Å²) in [6, 6.07) is 26.2. The van der Waals surface area contributed by atoms with E-state index in [0.717, 1.165) is 36.1 Å². The van der Waals surface area contributed by atoms with Gasteiger partial charge in [-0.1, -0.05) is 70.5 Å². The van der Waals surface area contributed by atoms with Gasteiger partial charge in [0.1, 0.15) is 5.75 Å². The largest absolute Gasteiger partial charge is 0.494 e. The van der Waals surface area contributed by atoms with E-state index in [2.05, 4.69) is 106 Å². The van der Waals surface area contributed by atoms with Gasteiger partial charge in [-0.25, -0.2) is 0 Å². The number of aryl methyl sites for hydroxylation is 1. The van der Waals surface area contributed by atoms with Crippen molar-refractivity contribution in [2.75, 3.05) is 11.9 Å². The van der Waals surface area contributed by atoms with Crippen LogP contribution in [0.25, 0.3) is 0 Å². The molecule has 0 fully saturated rings. The number of ether oxygens (including phenoxy) is 1. The van der Waals surface area contributed by atoms with E-state index < -0.39 is 0 Å². The first kappa shape index (κ1) is 19.4. The first-order chi connectivity index (χ1) is 14.8. The van der Waals surface area contributed by atoms with Gasteiger partial charge in [0.15, 0.2) is 0 Å². The molecule has 0 aromatic heterocycles. The molecule has 152 valence electrons. The van der Waals surface area contributed by atoms with Crippen LogP contribution in [0, 0.1) is 5.92 Å². The number of rotatable bonds is 6. The summed E-state index contributed by atoms with van der Waals surface area (Å²) in [5.41, 5.74) is 5.31. The molecule has 0 saturated heterocycles. The fourth-order valence-electron chi connectivity index (χ4n) is 4.77. The van der Waals surface area contributed by atoms with Crippen molar-refractivity contribution in [2.24, 2.45) is 5.92 Å². The molecular weight excluding hydrogens is 434 g/mol. The van der Waals surface area contributed by atoms with Crippen molar-refractivity contribution in [3.8, 4) is 5.75 Å². The van der Waals surface area contributed by atoms with Gasteiger partial charge in [0.25, 0.3) is 0 Å². The van der Waals surface area contributed by atoms with Crippen LogP contribution in [-0.2, 0) is 6.42 Å². The number of fused-ring (bicyclic) bond motifs is 3. The summed E-state index contributed by atoms with van der Waals surface area (Å²) >= 11 is 3.55. The third kappa shape index (κ3) is 4.04. The highest BCUT2D eigenvalue weighted by molar-refractivity contribution is 9.10. The van der Waals surface area contributed by atoms with Gasteiger partial charge < -0.3 is 10.1 Å². The highest BCUT2D eigenvalue weighted by Gasteiger charge is 2.37. The molecule has 0 saturated carbocycles. The van der Waals surface area contributed by atoms with Crippen LogP contribution >= 0.6 is 15.9 Å². The average Bonchev–Trinajstić information content (AvgIpc) is 3.28. The SMILES string of the molecule is Brc1ccc(C2Nc3ccc(OCCCc4ccccc4)cc3C3C=CCC32)cc1. The highest BCUT2D eigenvalue weighted by atomic mass is 79.9. The van der Waals surface area contributed by atoms with Gasteiger partial charge >= 0.3 is 0 Å². The van der Waals surface area contributed by atoms with Gasteiger partial charge in [0, 0.05) is 16.1 Å². The van der Waals surface area contributed by atoms with E-state index >= 15 is 0 Å². The van der Waals surface area contributed by atoms with Gasteiger partial charge in [0.05, 0.1) is 12.6 Å². The zero-order chi connectivity index (χ0) is 20.3. The first-order valence-corrected chi connectivity index (χ1v) is 11.6. The molecule has 1 N–H and O–H groups in total. The van der Waals surface area contributed by atoms with Gasteiger partial charge in [0.2, 0.25) is 0 Å². The van der Waals surface area contributed by atoms with E-state index in [-0.39, 0.29) is 0 Å². The van der Waals surface area contributed by atoms with E-state index in [1.165, 1.54) is 22.4 Å². The molecule has 30 heavy (non-hydrogen) atoms. The van der Waals surface area contributed by atoms with Crippen LogP contribution < -0.4 is 10.1 Å². The minimum absolute atomic E-state index is 0.336. The summed E-state index contributed by atoms with van der Waals surface area (Å²) in [5.74, 6) is 1.97. The summed E-state index contributed by atoms with van der Waals surface area (Å²) in [5, 5.41) is 3.81. The molecule has 5 rings (SSSR count). The molecule has 1 heterocycles. The lowest BCUT2D eigenvalue weighted by Crippen LogP contribution is -2.29. The zero-order valence-electron chi connectivity index (χ0n) is 16.9. The van der Waals surface area contributed by atoms with Gasteiger partial charge in [-0.15, -0.1) is 0 Å². The maximum Gasteiger partial charge on any atom is 0.119 e. The summed E-state index contributed by atoms with van der Waals surface area (Å²) in [7, 11) is 0. The minimum Gasteiger partial charge on any atom is -0.494 e. The molecular formula is C27H26BrNO. The molecule has 0 radical (unpaired) electrons. The van der Waals surface area contributed by atoms with Gasteiger partial charge in [-0.3, -0.25) is 0 Å². The number of anilines is 1. The molecule has 3 atom stereocenters. The number of hydrogen-bond acceptors (Lipinski definition) is 2. The van der Waals surface area contributed by atoms with Crippen LogP contribution in [0.1, 0.15) is 41.5 Å². The monoisotopic (exact) mass is 459 g/mol. The highest BCUT2D eigenvalue weighted by Crippen LogP contribution is 2.50. The number of halogens is 1. The molecule has 3 heteroatoms. The maximum atomic E-state index is 6.11. The normalized spacial score (nSPS) is 21.6. The Morgan fingerprint density at radius 3 is 2.63 bits per heavy atom. The smallest absolute Gasteiger partial charge is 0.119 e. The van der Waals surface area contributed by atoms with Crippen molar-refractivity contribution in [1.29, 1.82) is 0 Å². The summed E-state index contributed by atoms with van der Waals surface area (Å²) in [6.45, 7) is 0.743. The molecule has 0 bridgehead atoms. The van der Waals surface area contributed by atoms with Crippen molar-refractivity contribution >= 4 is 21.6 Å². The third-order valence-corrected chi connectivity index (χ3v) is 6.81. The molecule has 0 spiro atoms. The van der Waals surface area contributed by atoms with Crippen molar-refractivity contribution in [3.63, 3.8) is 0 Å². The molecule has 1 aliphatic carbocycles. The lowest BCUT2D eigenvalue weighted by molar-refractivity contribution is 0.310. The predicted molar refractivity (Wildman–Crippen MR) is 127 cm³/mol. The average molecular weight is 460 g/mol. The number of benzene rings is 3. The molecule has 2 nitrogen and oxygen atoms in total. The molecule has 3 aromatic carbocycles. The lowest BCUT2D eigenvalue weighted by atomic mass is 9.77. The molecule has 3 aromatic rings. The Kier molecular flexibility index (Phi) is 5.63. The van der Waals surface area contributed by atoms with E-state index in [1.54, 1.807) is 0 Å². The standard InChI is InChI=1S/C27H26BrNO/c28-21-13-11-20(12-14-21)27-24-10-4-9-23(24)25-18-22(15-16-26(25)29-27)30-17-5-8-19-6-2-1-3-7-19/h1-4,6-7,9,11-16,18,23-24,27,29H,5,8,10,17H2. The van der Waals surface area contributed by atoms with E-state index in [4.69, 9.17) is 4.74 Å². The molecule has 3 unspecified atom stereocenters. The summed E-state index contributed by atoms with van der Waals surface area (Å²) in [4.78, 5) is 0. The lowest BCUT2D eigenvalue weighted by Gasteiger charge is -2.37. The maximum absolute atomic E-state index is 6.11. The Morgan fingerprint density at radius 2 is 1.80 bits per heavy atom. The van der Waals surface area contributed by atoms with Crippen molar-refractivity contribution in [1.82, 2.24) is 0 Å². The van der Waals surface area contributed by atoms with Crippen molar-refractivity contribution in [2.45, 2.75) is 31.2 Å². The van der Waals surface area contributed by atoms with E-state index in [1.807, 2.05) is 0 Å². The second kappa shape index (κ2) is 8.69. The van der Waals surface area contributed by atoms with Crippen LogP contribution in [0.15, 0.2) is 89.4 Å². The number of allylic oxidation sites excluding steroid dienone is 2. The number of nitrogens with one attached hydrogen (secondary N) is 1. The van der Waals surface area contributed by atoms with Crippen molar-refractivity contribution < 1.29 is 4.74 Å². The van der Waals surface area contributed by atoms with Crippen molar-refractivity contribution in [3.05, 3.63) is 106 Å². The van der Waals surface area contributed by atoms with Crippen LogP contribution in [-0.4, -0.2) is 6.61 Å². The quantitative estimate of drug-likeness (QED) is 0.308. The summed E-state index contributed by atoms with van der Waals surface area (Å²) < 4.78 is 7.23. The van der Waals surface area contributed by atoms with Gasteiger partial charge in [-0.05, 0) is 72.2 Å². The van der Waals surface area contributed by atoms with Crippen LogP contribution in [0.2, 0.25) is 0 Å². The molecule has 1 aliphatic heterocycles.